The van der Waals surface area contributed by atoms with Crippen LogP contribution in [0.4, 0.5) is 5.00 Å². The van der Waals surface area contributed by atoms with Crippen LogP contribution in [-0.2, 0) is 22.4 Å². The van der Waals surface area contributed by atoms with E-state index in [-0.39, 0.29) is 12.5 Å². The van der Waals surface area contributed by atoms with Crippen LogP contribution in [0.1, 0.15) is 89.2 Å². The van der Waals surface area contributed by atoms with Crippen LogP contribution < -0.4 is 15.5 Å². The van der Waals surface area contributed by atoms with E-state index in [1.165, 1.54) is 16.9 Å². The van der Waals surface area contributed by atoms with Crippen LogP contribution in [0.3, 0.4) is 0 Å². The van der Waals surface area contributed by atoms with Crippen molar-refractivity contribution in [1.82, 2.24) is 5.43 Å². The SMILES string of the molecule is CCOC(=O)c1c(NC(=O)c2ccc(OC(C)C(=O)N/N=C/c3ccc(C(C)C)cc3)cc2)sc2c1CCC(C)C2. The van der Waals surface area contributed by atoms with Gasteiger partial charge in [0.2, 0.25) is 0 Å². The highest BCUT2D eigenvalue weighted by Crippen LogP contribution is 2.40. The minimum absolute atomic E-state index is 0.268. The molecule has 41 heavy (non-hydrogen) atoms. The van der Waals surface area contributed by atoms with E-state index in [0.29, 0.717) is 33.7 Å². The zero-order chi connectivity index (χ0) is 29.5. The Morgan fingerprint density at radius 3 is 2.44 bits per heavy atom. The molecule has 1 aliphatic carbocycles. The van der Waals surface area contributed by atoms with E-state index < -0.39 is 18.0 Å². The number of carbonyl (C=O) groups is 3. The van der Waals surface area contributed by atoms with Gasteiger partial charge in [-0.15, -0.1) is 11.3 Å². The predicted octanol–water partition coefficient (Wildman–Crippen LogP) is 6.34. The lowest BCUT2D eigenvalue weighted by Gasteiger charge is -2.18. The molecule has 2 N–H and O–H groups in total. The molecule has 2 aromatic carbocycles. The molecule has 1 aromatic heterocycles. The average molecular weight is 576 g/mol. The van der Waals surface area contributed by atoms with Gasteiger partial charge in [0.25, 0.3) is 11.8 Å². The van der Waals surface area contributed by atoms with E-state index in [1.807, 2.05) is 24.3 Å². The molecule has 9 heteroatoms. The summed E-state index contributed by atoms with van der Waals surface area (Å²) in [5.74, 6) is 0.274. The summed E-state index contributed by atoms with van der Waals surface area (Å²) in [6.07, 6.45) is 3.46. The molecule has 0 saturated heterocycles. The Balaban J connectivity index is 1.35. The Morgan fingerprint density at radius 2 is 1.78 bits per heavy atom. The summed E-state index contributed by atoms with van der Waals surface area (Å²) in [6.45, 7) is 10.1. The van der Waals surface area contributed by atoms with Gasteiger partial charge in [-0.1, -0.05) is 45.0 Å². The second kappa shape index (κ2) is 13.6. The maximum Gasteiger partial charge on any atom is 0.341 e. The van der Waals surface area contributed by atoms with Crippen molar-refractivity contribution in [3.05, 3.63) is 81.2 Å². The van der Waals surface area contributed by atoms with Gasteiger partial charge >= 0.3 is 5.97 Å². The number of thiophene rings is 1. The van der Waals surface area contributed by atoms with Crippen molar-refractivity contribution in [2.24, 2.45) is 11.0 Å². The lowest BCUT2D eigenvalue weighted by molar-refractivity contribution is -0.127. The highest BCUT2D eigenvalue weighted by atomic mass is 32.1. The Labute approximate surface area is 245 Å². The van der Waals surface area contributed by atoms with Crippen molar-refractivity contribution < 1.29 is 23.9 Å². The monoisotopic (exact) mass is 575 g/mol. The highest BCUT2D eigenvalue weighted by molar-refractivity contribution is 7.17. The number of fused-ring (bicyclic) bond motifs is 1. The topological polar surface area (TPSA) is 106 Å². The van der Waals surface area contributed by atoms with Gasteiger partial charge in [-0.25, -0.2) is 10.2 Å². The third-order valence-electron chi connectivity index (χ3n) is 7.01. The number of rotatable bonds is 10. The largest absolute Gasteiger partial charge is 0.481 e. The van der Waals surface area contributed by atoms with Crippen LogP contribution in [0.5, 0.6) is 5.75 Å². The first-order valence-corrected chi connectivity index (χ1v) is 14.8. The van der Waals surface area contributed by atoms with Gasteiger partial charge in [0.15, 0.2) is 6.10 Å². The summed E-state index contributed by atoms with van der Waals surface area (Å²) in [6, 6.07) is 14.5. The normalized spacial score (nSPS) is 15.3. The van der Waals surface area contributed by atoms with Gasteiger partial charge in [0.1, 0.15) is 10.8 Å². The molecule has 0 spiro atoms. The van der Waals surface area contributed by atoms with E-state index >= 15 is 0 Å². The lowest BCUT2D eigenvalue weighted by atomic mass is 9.88. The minimum Gasteiger partial charge on any atom is -0.481 e. The fourth-order valence-corrected chi connectivity index (χ4v) is 6.00. The van der Waals surface area contributed by atoms with Crippen molar-refractivity contribution in [2.45, 2.75) is 65.9 Å². The molecule has 3 aromatic rings. The van der Waals surface area contributed by atoms with E-state index in [0.717, 1.165) is 35.3 Å². The first-order valence-electron chi connectivity index (χ1n) is 14.0. The zero-order valence-electron chi connectivity index (χ0n) is 24.2. The standard InChI is InChI=1S/C32H37N3O5S/c1-6-39-32(38)28-26-16-7-20(4)17-27(26)41-31(28)34-30(37)24-12-14-25(15-13-24)40-21(5)29(36)35-33-18-22-8-10-23(11-9-22)19(2)3/h8-15,18-21H,6-7,16-17H2,1-5H3,(H,34,37)(H,35,36)/b33-18+. The number of benzene rings is 2. The van der Waals surface area contributed by atoms with E-state index in [1.54, 1.807) is 44.3 Å². The summed E-state index contributed by atoms with van der Waals surface area (Å²) < 4.78 is 11.0. The molecule has 4 rings (SSSR count). The second-order valence-electron chi connectivity index (χ2n) is 10.6. The molecular weight excluding hydrogens is 538 g/mol. The van der Waals surface area contributed by atoms with E-state index in [4.69, 9.17) is 9.47 Å². The molecule has 2 unspecified atom stereocenters. The van der Waals surface area contributed by atoms with Crippen LogP contribution >= 0.6 is 11.3 Å². The number of carbonyl (C=O) groups excluding carboxylic acids is 3. The fourth-order valence-electron chi connectivity index (χ4n) is 4.60. The van der Waals surface area contributed by atoms with E-state index in [2.05, 4.69) is 36.6 Å². The summed E-state index contributed by atoms with van der Waals surface area (Å²) in [5.41, 5.74) is 6.48. The predicted molar refractivity (Wildman–Crippen MR) is 162 cm³/mol. The molecule has 0 radical (unpaired) electrons. The zero-order valence-corrected chi connectivity index (χ0v) is 25.0. The third kappa shape index (κ3) is 7.61. The smallest absolute Gasteiger partial charge is 0.341 e. The number of ether oxygens (including phenoxy) is 2. The van der Waals surface area contributed by atoms with Gasteiger partial charge in [-0.3, -0.25) is 9.59 Å². The van der Waals surface area contributed by atoms with Crippen LogP contribution in [0.15, 0.2) is 53.6 Å². The summed E-state index contributed by atoms with van der Waals surface area (Å²) in [5, 5.41) is 7.47. The van der Waals surface area contributed by atoms with Crippen LogP contribution in [-0.4, -0.2) is 36.7 Å². The minimum atomic E-state index is -0.804. The van der Waals surface area contributed by atoms with Crippen molar-refractivity contribution in [3.8, 4) is 5.75 Å². The number of hydrazone groups is 1. The van der Waals surface area contributed by atoms with Crippen molar-refractivity contribution in [2.75, 3.05) is 11.9 Å². The number of nitrogens with zero attached hydrogens (tertiary/aromatic N) is 1. The number of hydrogen-bond acceptors (Lipinski definition) is 7. The molecule has 0 fully saturated rings. The molecule has 2 atom stereocenters. The molecule has 8 nitrogen and oxygen atoms in total. The Morgan fingerprint density at radius 1 is 1.07 bits per heavy atom. The van der Waals surface area contributed by atoms with Gasteiger partial charge in [0.05, 0.1) is 18.4 Å². The number of esters is 1. The van der Waals surface area contributed by atoms with Crippen molar-refractivity contribution in [3.63, 3.8) is 0 Å². The number of nitrogens with one attached hydrogen (secondary N) is 2. The summed E-state index contributed by atoms with van der Waals surface area (Å²) in [7, 11) is 0. The number of hydrogen-bond donors (Lipinski definition) is 2. The quantitative estimate of drug-likeness (QED) is 0.167. The van der Waals surface area contributed by atoms with Crippen LogP contribution in [0.25, 0.3) is 0 Å². The van der Waals surface area contributed by atoms with Crippen molar-refractivity contribution in [1.29, 1.82) is 0 Å². The summed E-state index contributed by atoms with van der Waals surface area (Å²) in [4.78, 5) is 39.4. The van der Waals surface area contributed by atoms with Crippen molar-refractivity contribution >= 4 is 40.3 Å². The van der Waals surface area contributed by atoms with E-state index in [9.17, 15) is 14.4 Å². The molecule has 1 aliphatic rings. The van der Waals surface area contributed by atoms with Crippen LogP contribution in [0, 0.1) is 5.92 Å². The molecule has 2 amide bonds. The lowest BCUT2D eigenvalue weighted by Crippen LogP contribution is -2.33. The number of anilines is 1. The molecule has 0 aliphatic heterocycles. The van der Waals surface area contributed by atoms with Gasteiger partial charge in [0, 0.05) is 10.4 Å². The van der Waals surface area contributed by atoms with Gasteiger partial charge in [-0.2, -0.15) is 5.10 Å². The Kier molecular flexibility index (Phi) is 9.94. The summed E-state index contributed by atoms with van der Waals surface area (Å²) >= 11 is 1.45. The molecule has 0 saturated carbocycles. The highest BCUT2D eigenvalue weighted by Gasteiger charge is 2.29. The fraction of sp³-hybridized carbons (Fsp3) is 0.375. The number of amides is 2. The maximum atomic E-state index is 13.1. The molecule has 216 valence electrons. The Hall–Kier alpha value is -3.98. The first-order chi connectivity index (χ1) is 19.7. The third-order valence-corrected chi connectivity index (χ3v) is 8.18. The molecule has 1 heterocycles. The molecule has 0 bridgehead atoms. The molecular formula is C32H37N3O5S. The second-order valence-corrected chi connectivity index (χ2v) is 11.7. The average Bonchev–Trinajstić information content (AvgIpc) is 3.30. The van der Waals surface area contributed by atoms with Gasteiger partial charge < -0.3 is 14.8 Å². The maximum absolute atomic E-state index is 13.1. The Bertz CT molecular complexity index is 1410. The first kappa shape index (κ1) is 30.0. The van der Waals surface area contributed by atoms with Crippen LogP contribution in [0.2, 0.25) is 0 Å². The van der Waals surface area contributed by atoms with Gasteiger partial charge in [-0.05, 0) is 85.9 Å².